The van der Waals surface area contributed by atoms with Gasteiger partial charge < -0.3 is 13.8 Å². The monoisotopic (exact) mass is 415 g/mol. The van der Waals surface area contributed by atoms with Crippen molar-refractivity contribution in [3.05, 3.63) is 70.8 Å². The van der Waals surface area contributed by atoms with E-state index in [4.69, 9.17) is 8.94 Å². The molecule has 1 aliphatic rings. The summed E-state index contributed by atoms with van der Waals surface area (Å²) >= 11 is 0. The lowest BCUT2D eigenvalue weighted by molar-refractivity contribution is 0.0715. The molecule has 158 valence electrons. The van der Waals surface area contributed by atoms with Crippen molar-refractivity contribution in [3.63, 3.8) is 0 Å². The maximum absolute atomic E-state index is 13.6. The third-order valence-electron chi connectivity index (χ3n) is 6.22. The third kappa shape index (κ3) is 3.52. The summed E-state index contributed by atoms with van der Waals surface area (Å²) in [6, 6.07) is 14.3. The Labute approximate surface area is 180 Å². The highest BCUT2D eigenvalue weighted by molar-refractivity contribution is 6.07. The van der Waals surface area contributed by atoms with Gasteiger partial charge in [-0.15, -0.1) is 0 Å². The van der Waals surface area contributed by atoms with Crippen molar-refractivity contribution in [1.29, 1.82) is 0 Å². The van der Waals surface area contributed by atoms with Crippen molar-refractivity contribution in [2.75, 3.05) is 13.1 Å². The van der Waals surface area contributed by atoms with Gasteiger partial charge in [-0.1, -0.05) is 35.5 Å². The molecule has 6 nitrogen and oxygen atoms in total. The summed E-state index contributed by atoms with van der Waals surface area (Å²) in [5.41, 5.74) is 4.54. The second-order valence-corrected chi connectivity index (χ2v) is 8.31. The van der Waals surface area contributed by atoms with Gasteiger partial charge in [0.15, 0.2) is 0 Å². The van der Waals surface area contributed by atoms with Gasteiger partial charge >= 0.3 is 0 Å². The average molecular weight is 415 g/mol. The van der Waals surface area contributed by atoms with Crippen molar-refractivity contribution in [2.24, 2.45) is 0 Å². The fourth-order valence-corrected chi connectivity index (χ4v) is 4.60. The molecule has 0 bridgehead atoms. The molecular weight excluding hydrogens is 390 g/mol. The number of pyridine rings is 1. The number of fused-ring (bicyclic) bond motifs is 1. The van der Waals surface area contributed by atoms with Gasteiger partial charge in [-0.2, -0.15) is 0 Å². The van der Waals surface area contributed by atoms with Gasteiger partial charge in [0.25, 0.3) is 11.6 Å². The molecule has 0 radical (unpaired) electrons. The zero-order valence-electron chi connectivity index (χ0n) is 18.0. The first-order valence-corrected chi connectivity index (χ1v) is 10.7. The summed E-state index contributed by atoms with van der Waals surface area (Å²) in [6.45, 7) is 7.10. The number of nitrogens with zero attached hydrogens (tertiary/aromatic N) is 3. The van der Waals surface area contributed by atoms with Crippen LogP contribution in [0, 0.1) is 20.8 Å². The minimum absolute atomic E-state index is 0.00401. The Morgan fingerprint density at radius 1 is 1.06 bits per heavy atom. The van der Waals surface area contributed by atoms with E-state index in [2.05, 4.69) is 34.4 Å². The largest absolute Gasteiger partial charge is 0.466 e. The summed E-state index contributed by atoms with van der Waals surface area (Å²) in [7, 11) is 0. The molecule has 1 aromatic carbocycles. The number of hydrogen-bond donors (Lipinski definition) is 0. The predicted octanol–water partition coefficient (Wildman–Crippen LogP) is 5.43. The van der Waals surface area contributed by atoms with Gasteiger partial charge in [0, 0.05) is 18.7 Å². The average Bonchev–Trinajstić information content (AvgIpc) is 3.34. The summed E-state index contributed by atoms with van der Waals surface area (Å²) in [6.07, 6.45) is 1.92. The molecule has 1 amide bonds. The van der Waals surface area contributed by atoms with Crippen LogP contribution in [0.1, 0.15) is 51.9 Å². The standard InChI is InChI=1S/C25H25N3O3/c1-15-13-20(17(3)30-15)22-14-21(23-16(2)27-31-24(23)26-22)25(29)28-11-9-19(10-12-28)18-7-5-4-6-8-18/h4-8,13-14,19H,9-12H2,1-3H3. The van der Waals surface area contributed by atoms with Gasteiger partial charge in [-0.25, -0.2) is 4.98 Å². The fourth-order valence-electron chi connectivity index (χ4n) is 4.60. The normalized spacial score (nSPS) is 15.0. The topological polar surface area (TPSA) is 72.4 Å². The maximum Gasteiger partial charge on any atom is 0.259 e. The van der Waals surface area contributed by atoms with E-state index in [-0.39, 0.29) is 5.91 Å². The summed E-state index contributed by atoms with van der Waals surface area (Å²) in [5.74, 6) is 2.07. The van der Waals surface area contributed by atoms with Crippen LogP contribution in [0.15, 0.2) is 51.4 Å². The van der Waals surface area contributed by atoms with Crippen LogP contribution in [0.4, 0.5) is 0 Å². The number of aryl methyl sites for hydroxylation is 3. The van der Waals surface area contributed by atoms with E-state index in [9.17, 15) is 4.79 Å². The van der Waals surface area contributed by atoms with Crippen LogP contribution in [-0.4, -0.2) is 34.0 Å². The highest BCUT2D eigenvalue weighted by atomic mass is 16.5. The highest BCUT2D eigenvalue weighted by Gasteiger charge is 2.28. The molecule has 1 saturated heterocycles. The predicted molar refractivity (Wildman–Crippen MR) is 118 cm³/mol. The first-order valence-electron chi connectivity index (χ1n) is 10.7. The van der Waals surface area contributed by atoms with E-state index in [0.29, 0.717) is 34.0 Å². The molecule has 3 aromatic heterocycles. The Balaban J connectivity index is 1.47. The Hall–Kier alpha value is -3.41. The first kappa shape index (κ1) is 19.5. The number of benzene rings is 1. The molecule has 0 saturated carbocycles. The summed E-state index contributed by atoms with van der Waals surface area (Å²) < 4.78 is 11.1. The smallest absolute Gasteiger partial charge is 0.259 e. The summed E-state index contributed by atoms with van der Waals surface area (Å²) in [4.78, 5) is 20.1. The first-order chi connectivity index (χ1) is 15.0. The third-order valence-corrected chi connectivity index (χ3v) is 6.22. The SMILES string of the molecule is Cc1cc(-c2cc(C(=O)N3CCC(c4ccccc4)CC3)c3c(C)noc3n2)c(C)o1. The van der Waals surface area contributed by atoms with Gasteiger partial charge in [-0.3, -0.25) is 4.79 Å². The van der Waals surface area contributed by atoms with Crippen LogP contribution in [-0.2, 0) is 0 Å². The minimum atomic E-state index is 0.00401. The van der Waals surface area contributed by atoms with Crippen molar-refractivity contribution in [3.8, 4) is 11.3 Å². The quantitative estimate of drug-likeness (QED) is 0.446. The molecule has 0 N–H and O–H groups in total. The molecule has 31 heavy (non-hydrogen) atoms. The lowest BCUT2D eigenvalue weighted by Gasteiger charge is -2.32. The van der Waals surface area contributed by atoms with Crippen LogP contribution in [0.25, 0.3) is 22.4 Å². The molecule has 0 spiro atoms. The molecule has 6 heteroatoms. The zero-order chi connectivity index (χ0) is 21.5. The van der Waals surface area contributed by atoms with Gasteiger partial charge in [-0.05, 0) is 57.2 Å². The van der Waals surface area contributed by atoms with Gasteiger partial charge in [0.2, 0.25) is 0 Å². The number of aromatic nitrogens is 2. The number of likely N-dealkylation sites (tertiary alicyclic amines) is 1. The Bertz CT molecular complexity index is 1250. The van der Waals surface area contributed by atoms with E-state index >= 15 is 0 Å². The lowest BCUT2D eigenvalue weighted by Crippen LogP contribution is -2.38. The minimum Gasteiger partial charge on any atom is -0.466 e. The van der Waals surface area contributed by atoms with Crippen LogP contribution >= 0.6 is 0 Å². The Morgan fingerprint density at radius 3 is 2.48 bits per heavy atom. The molecule has 4 heterocycles. The highest BCUT2D eigenvalue weighted by Crippen LogP contribution is 2.33. The number of carbonyl (C=O) groups is 1. The van der Waals surface area contributed by atoms with Crippen LogP contribution < -0.4 is 0 Å². The van der Waals surface area contributed by atoms with Gasteiger partial charge in [0.1, 0.15) is 11.5 Å². The van der Waals surface area contributed by atoms with Crippen molar-refractivity contribution in [2.45, 2.75) is 39.5 Å². The number of rotatable bonds is 3. The number of piperidine rings is 1. The van der Waals surface area contributed by atoms with Gasteiger partial charge in [0.05, 0.1) is 22.3 Å². The molecule has 4 aromatic rings. The molecule has 1 fully saturated rings. The van der Waals surface area contributed by atoms with E-state index in [0.717, 1.165) is 43.0 Å². The maximum atomic E-state index is 13.6. The number of carbonyl (C=O) groups excluding carboxylic acids is 1. The van der Waals surface area contributed by atoms with Crippen molar-refractivity contribution in [1.82, 2.24) is 15.0 Å². The van der Waals surface area contributed by atoms with Crippen LogP contribution in [0.2, 0.25) is 0 Å². The number of amides is 1. The second kappa shape index (κ2) is 7.69. The second-order valence-electron chi connectivity index (χ2n) is 8.31. The van der Waals surface area contributed by atoms with E-state index < -0.39 is 0 Å². The van der Waals surface area contributed by atoms with E-state index in [1.54, 1.807) is 0 Å². The Kier molecular flexibility index (Phi) is 4.85. The number of furan rings is 1. The van der Waals surface area contributed by atoms with Crippen LogP contribution in [0.5, 0.6) is 0 Å². The molecule has 0 atom stereocenters. The number of hydrogen-bond acceptors (Lipinski definition) is 5. The lowest BCUT2D eigenvalue weighted by atomic mass is 9.89. The molecule has 0 aliphatic carbocycles. The molecular formula is C25H25N3O3. The molecule has 5 rings (SSSR count). The summed E-state index contributed by atoms with van der Waals surface area (Å²) in [5, 5.41) is 4.76. The van der Waals surface area contributed by atoms with Crippen molar-refractivity contribution < 1.29 is 13.7 Å². The molecule has 1 aliphatic heterocycles. The van der Waals surface area contributed by atoms with Crippen LogP contribution in [0.3, 0.4) is 0 Å². The van der Waals surface area contributed by atoms with E-state index in [1.807, 2.05) is 43.9 Å². The Morgan fingerprint density at radius 2 is 1.81 bits per heavy atom. The fraction of sp³-hybridized carbons (Fsp3) is 0.320. The van der Waals surface area contributed by atoms with E-state index in [1.165, 1.54) is 5.56 Å². The zero-order valence-corrected chi connectivity index (χ0v) is 18.0. The van der Waals surface area contributed by atoms with Crippen molar-refractivity contribution >= 4 is 17.0 Å². The molecule has 0 unspecified atom stereocenters.